The lowest BCUT2D eigenvalue weighted by molar-refractivity contribution is -0.385. The average Bonchev–Trinajstić information content (AvgIpc) is 2.49. The smallest absolute Gasteiger partial charge is 0.310 e. The highest BCUT2D eigenvalue weighted by Gasteiger charge is 2.15. The van der Waals surface area contributed by atoms with E-state index in [0.29, 0.717) is 6.61 Å². The number of ether oxygens (including phenoxy) is 1. The molecule has 6 nitrogen and oxygen atoms in total. The number of aliphatic hydroxyl groups excluding tert-OH is 1. The normalized spacial score (nSPS) is 17.2. The van der Waals surface area contributed by atoms with Gasteiger partial charge in [-0.3, -0.25) is 15.0 Å². The van der Waals surface area contributed by atoms with Gasteiger partial charge in [-0.2, -0.15) is 0 Å². The van der Waals surface area contributed by atoms with Crippen molar-refractivity contribution < 1.29 is 14.8 Å². The Hall–Kier alpha value is -1.92. The minimum atomic E-state index is -0.446. The first-order chi connectivity index (χ1) is 10.2. The first-order valence-electron chi connectivity index (χ1n) is 7.08. The number of benzene rings is 1. The number of hydrogen-bond donors (Lipinski definition) is 1. The number of piperidine rings is 1. The van der Waals surface area contributed by atoms with E-state index in [1.54, 1.807) is 18.2 Å². The van der Waals surface area contributed by atoms with Crippen LogP contribution >= 0.6 is 0 Å². The molecule has 6 heteroatoms. The van der Waals surface area contributed by atoms with Gasteiger partial charge < -0.3 is 9.84 Å². The molecule has 114 valence electrons. The Balaban J connectivity index is 1.74. The van der Waals surface area contributed by atoms with Gasteiger partial charge in [0.25, 0.3) is 0 Å². The zero-order valence-electron chi connectivity index (χ0n) is 11.9. The number of aliphatic hydroxyl groups is 1. The number of nitro benzene ring substituents is 1. The average molecular weight is 292 g/mol. The van der Waals surface area contributed by atoms with Crippen LogP contribution in [-0.2, 0) is 0 Å². The molecule has 0 aliphatic carbocycles. The first-order valence-corrected chi connectivity index (χ1v) is 7.08. The highest BCUT2D eigenvalue weighted by molar-refractivity contribution is 5.45. The molecule has 1 aliphatic rings. The van der Waals surface area contributed by atoms with Crippen LogP contribution in [0.2, 0.25) is 0 Å². The maximum Gasteiger partial charge on any atom is 0.310 e. The highest BCUT2D eigenvalue weighted by Crippen LogP contribution is 2.25. The molecule has 0 spiro atoms. The van der Waals surface area contributed by atoms with Crippen molar-refractivity contribution in [2.24, 2.45) is 0 Å². The summed E-state index contributed by atoms with van der Waals surface area (Å²) in [5, 5.41) is 20.2. The lowest BCUT2D eigenvalue weighted by atomic mass is 10.1. The molecule has 2 rings (SSSR count). The summed E-state index contributed by atoms with van der Waals surface area (Å²) in [5.41, 5.74) is -0.0177. The van der Waals surface area contributed by atoms with Gasteiger partial charge in [-0.15, -0.1) is 0 Å². The Morgan fingerprint density at radius 2 is 2.05 bits per heavy atom. The van der Waals surface area contributed by atoms with Gasteiger partial charge in [0.05, 0.1) is 11.0 Å². The Morgan fingerprint density at radius 1 is 1.33 bits per heavy atom. The molecule has 0 atom stereocenters. The first kappa shape index (κ1) is 15.5. The molecular formula is C15H20N2O4. The molecule has 0 unspecified atom stereocenters. The topological polar surface area (TPSA) is 75.8 Å². The third-order valence-corrected chi connectivity index (χ3v) is 3.48. The lowest BCUT2D eigenvalue weighted by Gasteiger charge is -2.28. The third kappa shape index (κ3) is 4.84. The van der Waals surface area contributed by atoms with Crippen molar-refractivity contribution in [3.8, 4) is 5.75 Å². The zero-order valence-corrected chi connectivity index (χ0v) is 11.9. The molecule has 1 aliphatic heterocycles. The largest absolute Gasteiger partial charge is 0.483 e. The molecule has 21 heavy (non-hydrogen) atoms. The Bertz CT molecular complexity index is 496. The zero-order chi connectivity index (χ0) is 15.1. The molecule has 0 amide bonds. The van der Waals surface area contributed by atoms with Crippen LogP contribution in [-0.4, -0.2) is 47.3 Å². The van der Waals surface area contributed by atoms with Gasteiger partial charge in [-0.05, 0) is 18.9 Å². The minimum absolute atomic E-state index is 0.0177. The number of nitrogens with zero attached hydrogens (tertiary/aromatic N) is 2. The fraction of sp³-hybridized carbons (Fsp3) is 0.467. The SMILES string of the molecule is O=[N+]([O-])c1ccccc1OC/C=C/CN1CCC(O)CC1. The van der Waals surface area contributed by atoms with Crippen LogP contribution in [0.15, 0.2) is 36.4 Å². The summed E-state index contributed by atoms with van der Waals surface area (Å²) < 4.78 is 5.42. The maximum absolute atomic E-state index is 10.8. The second kappa shape index (κ2) is 7.75. The Morgan fingerprint density at radius 3 is 2.76 bits per heavy atom. The van der Waals surface area contributed by atoms with Crippen LogP contribution in [0.4, 0.5) is 5.69 Å². The molecule has 1 fully saturated rings. The van der Waals surface area contributed by atoms with Crippen LogP contribution < -0.4 is 4.74 Å². The van der Waals surface area contributed by atoms with E-state index in [-0.39, 0.29) is 17.5 Å². The fourth-order valence-corrected chi connectivity index (χ4v) is 2.26. The van der Waals surface area contributed by atoms with Crippen molar-refractivity contribution in [3.05, 3.63) is 46.5 Å². The quantitative estimate of drug-likeness (QED) is 0.493. The van der Waals surface area contributed by atoms with Crippen molar-refractivity contribution in [2.75, 3.05) is 26.2 Å². The summed E-state index contributed by atoms with van der Waals surface area (Å²) in [4.78, 5) is 12.6. The standard InChI is InChI=1S/C15H20N2O4/c18-13-7-10-16(11-8-13)9-3-4-12-21-15-6-2-1-5-14(15)17(19)20/h1-6,13,18H,7-12H2/b4-3+. The van der Waals surface area contributed by atoms with Gasteiger partial charge in [-0.1, -0.05) is 24.3 Å². The van der Waals surface area contributed by atoms with Crippen molar-refractivity contribution >= 4 is 5.69 Å². The Kier molecular flexibility index (Phi) is 5.71. The minimum Gasteiger partial charge on any atom is -0.483 e. The lowest BCUT2D eigenvalue weighted by Crippen LogP contribution is -2.35. The van der Waals surface area contributed by atoms with Crippen molar-refractivity contribution in [3.63, 3.8) is 0 Å². The van der Waals surface area contributed by atoms with Crippen LogP contribution in [0.5, 0.6) is 5.75 Å². The predicted octanol–water partition coefficient (Wildman–Crippen LogP) is 1.99. The summed E-state index contributed by atoms with van der Waals surface area (Å²) in [6.07, 6.45) is 5.34. The molecule has 1 saturated heterocycles. The number of rotatable bonds is 6. The predicted molar refractivity (Wildman–Crippen MR) is 79.4 cm³/mol. The number of likely N-dealkylation sites (tertiary alicyclic amines) is 1. The van der Waals surface area contributed by atoms with Crippen molar-refractivity contribution in [1.82, 2.24) is 4.90 Å². The summed E-state index contributed by atoms with van der Waals surface area (Å²) in [6.45, 7) is 2.92. The van der Waals surface area contributed by atoms with Gasteiger partial charge in [0.2, 0.25) is 0 Å². The molecule has 0 saturated carbocycles. The molecule has 1 aromatic carbocycles. The summed E-state index contributed by atoms with van der Waals surface area (Å²) in [5.74, 6) is 0.285. The highest BCUT2D eigenvalue weighted by atomic mass is 16.6. The van der Waals surface area contributed by atoms with Gasteiger partial charge in [0.1, 0.15) is 6.61 Å². The second-order valence-electron chi connectivity index (χ2n) is 5.04. The molecule has 1 heterocycles. The van der Waals surface area contributed by atoms with Crippen molar-refractivity contribution in [1.29, 1.82) is 0 Å². The second-order valence-corrected chi connectivity index (χ2v) is 5.04. The van der Waals surface area contributed by atoms with Gasteiger partial charge in [0, 0.05) is 25.7 Å². The van der Waals surface area contributed by atoms with Gasteiger partial charge in [-0.25, -0.2) is 0 Å². The summed E-state index contributed by atoms with van der Waals surface area (Å²) >= 11 is 0. The summed E-state index contributed by atoms with van der Waals surface area (Å²) in [7, 11) is 0. The fourth-order valence-electron chi connectivity index (χ4n) is 2.26. The van der Waals surface area contributed by atoms with Crippen LogP contribution in [0, 0.1) is 10.1 Å². The van der Waals surface area contributed by atoms with E-state index < -0.39 is 4.92 Å². The molecule has 0 aromatic heterocycles. The molecule has 0 bridgehead atoms. The van der Waals surface area contributed by atoms with E-state index in [1.807, 2.05) is 12.2 Å². The van der Waals surface area contributed by atoms with Crippen LogP contribution in [0.25, 0.3) is 0 Å². The third-order valence-electron chi connectivity index (χ3n) is 3.48. The van der Waals surface area contributed by atoms with E-state index >= 15 is 0 Å². The van der Waals surface area contributed by atoms with E-state index in [2.05, 4.69) is 4.90 Å². The van der Waals surface area contributed by atoms with E-state index in [4.69, 9.17) is 4.74 Å². The van der Waals surface area contributed by atoms with Crippen molar-refractivity contribution in [2.45, 2.75) is 18.9 Å². The van der Waals surface area contributed by atoms with E-state index in [9.17, 15) is 15.2 Å². The maximum atomic E-state index is 10.8. The number of hydrogen-bond acceptors (Lipinski definition) is 5. The molecular weight excluding hydrogens is 272 g/mol. The van der Waals surface area contributed by atoms with E-state index in [0.717, 1.165) is 32.5 Å². The van der Waals surface area contributed by atoms with Crippen LogP contribution in [0.1, 0.15) is 12.8 Å². The number of nitro groups is 1. The molecule has 1 aromatic rings. The number of para-hydroxylation sites is 2. The summed E-state index contributed by atoms with van der Waals surface area (Å²) in [6, 6.07) is 6.35. The Labute approximate surface area is 123 Å². The van der Waals surface area contributed by atoms with Crippen LogP contribution in [0.3, 0.4) is 0 Å². The van der Waals surface area contributed by atoms with Gasteiger partial charge in [0.15, 0.2) is 5.75 Å². The van der Waals surface area contributed by atoms with E-state index in [1.165, 1.54) is 6.07 Å². The molecule has 1 N–H and O–H groups in total. The monoisotopic (exact) mass is 292 g/mol. The molecule has 0 radical (unpaired) electrons. The van der Waals surface area contributed by atoms with Gasteiger partial charge >= 0.3 is 5.69 Å².